The number of likely N-dealkylation sites (N-methyl/N-ethyl adjacent to an activating group) is 1. The van der Waals surface area contributed by atoms with Gasteiger partial charge < -0.3 is 15.0 Å². The van der Waals surface area contributed by atoms with E-state index in [0.717, 1.165) is 22.6 Å². The van der Waals surface area contributed by atoms with Gasteiger partial charge in [0.05, 0.1) is 24.6 Å². The lowest BCUT2D eigenvalue weighted by molar-refractivity contribution is -0.135. The number of carbonyl (C=O) groups is 1. The zero-order valence-corrected chi connectivity index (χ0v) is 15.4. The lowest BCUT2D eigenvalue weighted by atomic mass is 10.1. The second-order valence-corrected chi connectivity index (χ2v) is 6.62. The van der Waals surface area contributed by atoms with Crippen molar-refractivity contribution in [3.05, 3.63) is 46.8 Å². The summed E-state index contributed by atoms with van der Waals surface area (Å²) >= 11 is 0. The fourth-order valence-electron chi connectivity index (χ4n) is 3.24. The third-order valence-corrected chi connectivity index (χ3v) is 4.78. The first-order chi connectivity index (χ1) is 12.0. The summed E-state index contributed by atoms with van der Waals surface area (Å²) in [6, 6.07) is 7.93. The van der Waals surface area contributed by atoms with Crippen molar-refractivity contribution in [2.24, 2.45) is 0 Å². The molecule has 0 bridgehead atoms. The Labute approximate surface area is 148 Å². The Balaban J connectivity index is 1.81. The van der Waals surface area contributed by atoms with E-state index in [4.69, 9.17) is 9.84 Å². The third kappa shape index (κ3) is 3.60. The summed E-state index contributed by atoms with van der Waals surface area (Å²) in [6.07, 6.45) is 0. The van der Waals surface area contributed by atoms with Crippen LogP contribution in [0.25, 0.3) is 5.69 Å². The topological polar surface area (TPSA) is 59.4 Å². The van der Waals surface area contributed by atoms with Crippen LogP contribution in [0, 0.1) is 20.8 Å². The monoisotopic (exact) mass is 342 g/mol. The summed E-state index contributed by atoms with van der Waals surface area (Å²) in [5.74, 6) is 0.0575. The number of para-hydroxylation sites is 1. The van der Waals surface area contributed by atoms with Crippen LogP contribution in [0.3, 0.4) is 0 Å². The van der Waals surface area contributed by atoms with Crippen LogP contribution in [0.1, 0.15) is 22.5 Å². The molecule has 1 aromatic carbocycles. The normalized spacial score (nSPS) is 17.5. The minimum Gasteiger partial charge on any atom is -0.378 e. The van der Waals surface area contributed by atoms with Gasteiger partial charge in [-0.15, -0.1) is 0 Å². The van der Waals surface area contributed by atoms with Gasteiger partial charge in [0, 0.05) is 31.4 Å². The van der Waals surface area contributed by atoms with Crippen molar-refractivity contribution in [2.45, 2.75) is 33.4 Å². The Morgan fingerprint density at radius 2 is 2.12 bits per heavy atom. The quantitative estimate of drug-likeness (QED) is 0.920. The maximum atomic E-state index is 12.6. The van der Waals surface area contributed by atoms with Gasteiger partial charge in [0.25, 0.3) is 0 Å². The van der Waals surface area contributed by atoms with E-state index >= 15 is 0 Å². The number of aryl methyl sites for hydroxylation is 2. The molecule has 1 unspecified atom stereocenters. The SMILES string of the molecule is Cc1ccccc1-n1nc(C)c(CN(C)C(=O)C2COCCN2)c1C. The van der Waals surface area contributed by atoms with Gasteiger partial charge in [-0.05, 0) is 32.4 Å². The Hall–Kier alpha value is -2.18. The standard InChI is InChI=1S/C19H26N4O2/c1-13-7-5-6-8-18(13)23-15(3)16(14(2)21-23)11-22(4)19(24)17-12-25-10-9-20-17/h5-8,17,20H,9-12H2,1-4H3. The highest BCUT2D eigenvalue weighted by atomic mass is 16.5. The number of ether oxygens (including phenoxy) is 1. The maximum Gasteiger partial charge on any atom is 0.242 e. The molecule has 2 aromatic rings. The van der Waals surface area contributed by atoms with Crippen molar-refractivity contribution in [2.75, 3.05) is 26.8 Å². The first kappa shape index (κ1) is 17.6. The van der Waals surface area contributed by atoms with E-state index in [2.05, 4.69) is 31.3 Å². The highest BCUT2D eigenvalue weighted by molar-refractivity contribution is 5.82. The van der Waals surface area contributed by atoms with E-state index in [1.807, 2.05) is 30.8 Å². The van der Waals surface area contributed by atoms with Crippen LogP contribution in [0.15, 0.2) is 24.3 Å². The zero-order valence-electron chi connectivity index (χ0n) is 15.4. The molecule has 1 amide bonds. The number of hydrogen-bond donors (Lipinski definition) is 1. The van der Waals surface area contributed by atoms with Crippen molar-refractivity contribution in [1.82, 2.24) is 20.0 Å². The minimum absolute atomic E-state index is 0.0575. The van der Waals surface area contributed by atoms with Gasteiger partial charge in [-0.2, -0.15) is 5.10 Å². The van der Waals surface area contributed by atoms with E-state index in [-0.39, 0.29) is 11.9 Å². The van der Waals surface area contributed by atoms with E-state index < -0.39 is 0 Å². The number of rotatable bonds is 4. The van der Waals surface area contributed by atoms with Crippen LogP contribution >= 0.6 is 0 Å². The van der Waals surface area contributed by atoms with Crippen molar-refractivity contribution in [3.8, 4) is 5.69 Å². The smallest absolute Gasteiger partial charge is 0.242 e. The van der Waals surface area contributed by atoms with E-state index in [1.165, 1.54) is 5.56 Å². The highest BCUT2D eigenvalue weighted by Gasteiger charge is 2.25. The average molecular weight is 342 g/mol. The molecule has 2 heterocycles. The number of carbonyl (C=O) groups excluding carboxylic acids is 1. The van der Waals surface area contributed by atoms with Crippen molar-refractivity contribution >= 4 is 5.91 Å². The van der Waals surface area contributed by atoms with Gasteiger partial charge in [0.1, 0.15) is 6.04 Å². The number of nitrogens with zero attached hydrogens (tertiary/aromatic N) is 3. The second-order valence-electron chi connectivity index (χ2n) is 6.62. The zero-order chi connectivity index (χ0) is 18.0. The molecule has 1 aromatic heterocycles. The Morgan fingerprint density at radius 1 is 1.36 bits per heavy atom. The van der Waals surface area contributed by atoms with Crippen LogP contribution in [0.5, 0.6) is 0 Å². The predicted octanol–water partition coefficient (Wildman–Crippen LogP) is 1.74. The third-order valence-electron chi connectivity index (χ3n) is 4.78. The van der Waals surface area contributed by atoms with Gasteiger partial charge in [0.2, 0.25) is 5.91 Å². The lowest BCUT2D eigenvalue weighted by Crippen LogP contribution is -2.51. The molecular weight excluding hydrogens is 316 g/mol. The van der Waals surface area contributed by atoms with Gasteiger partial charge in [-0.3, -0.25) is 4.79 Å². The second kappa shape index (κ2) is 7.37. The highest BCUT2D eigenvalue weighted by Crippen LogP contribution is 2.21. The fraction of sp³-hybridized carbons (Fsp3) is 0.474. The van der Waals surface area contributed by atoms with Crippen LogP contribution in [-0.4, -0.2) is 53.4 Å². The molecule has 25 heavy (non-hydrogen) atoms. The molecule has 1 fully saturated rings. The molecule has 0 spiro atoms. The molecule has 1 saturated heterocycles. The van der Waals surface area contributed by atoms with Crippen molar-refractivity contribution in [3.63, 3.8) is 0 Å². The largest absolute Gasteiger partial charge is 0.378 e. The number of nitrogens with one attached hydrogen (secondary N) is 1. The summed E-state index contributed by atoms with van der Waals surface area (Å²) in [5, 5.41) is 7.92. The number of amides is 1. The molecular formula is C19H26N4O2. The maximum absolute atomic E-state index is 12.6. The van der Waals surface area contributed by atoms with Crippen LogP contribution in [0.4, 0.5) is 0 Å². The average Bonchev–Trinajstić information content (AvgIpc) is 2.90. The molecule has 0 aliphatic carbocycles. The Morgan fingerprint density at radius 3 is 2.80 bits per heavy atom. The number of aromatic nitrogens is 2. The Kier molecular flexibility index (Phi) is 5.20. The molecule has 6 heteroatoms. The van der Waals surface area contributed by atoms with Gasteiger partial charge in [-0.25, -0.2) is 4.68 Å². The van der Waals surface area contributed by atoms with Crippen LogP contribution in [-0.2, 0) is 16.1 Å². The first-order valence-electron chi connectivity index (χ1n) is 8.66. The predicted molar refractivity (Wildman–Crippen MR) is 96.9 cm³/mol. The van der Waals surface area contributed by atoms with E-state index in [0.29, 0.717) is 26.3 Å². The Bertz CT molecular complexity index is 763. The summed E-state index contributed by atoms with van der Waals surface area (Å²) in [7, 11) is 1.84. The van der Waals surface area contributed by atoms with Crippen LogP contribution in [0.2, 0.25) is 0 Å². The molecule has 1 atom stereocenters. The van der Waals surface area contributed by atoms with E-state index in [9.17, 15) is 4.79 Å². The molecule has 134 valence electrons. The molecule has 6 nitrogen and oxygen atoms in total. The van der Waals surface area contributed by atoms with E-state index in [1.54, 1.807) is 4.90 Å². The lowest BCUT2D eigenvalue weighted by Gasteiger charge is -2.27. The molecule has 1 N–H and O–H groups in total. The molecule has 0 saturated carbocycles. The van der Waals surface area contributed by atoms with Gasteiger partial charge in [0.15, 0.2) is 0 Å². The number of morpholine rings is 1. The first-order valence-corrected chi connectivity index (χ1v) is 8.66. The fourth-order valence-corrected chi connectivity index (χ4v) is 3.24. The summed E-state index contributed by atoms with van der Waals surface area (Å²) < 4.78 is 7.37. The molecule has 3 rings (SSSR count). The summed E-state index contributed by atoms with van der Waals surface area (Å²) in [4.78, 5) is 14.4. The van der Waals surface area contributed by atoms with Gasteiger partial charge >= 0.3 is 0 Å². The minimum atomic E-state index is -0.259. The number of hydrogen-bond acceptors (Lipinski definition) is 4. The molecule has 1 aliphatic heterocycles. The van der Waals surface area contributed by atoms with Crippen molar-refractivity contribution in [1.29, 1.82) is 0 Å². The molecule has 0 radical (unpaired) electrons. The molecule has 1 aliphatic rings. The van der Waals surface area contributed by atoms with Crippen LogP contribution < -0.4 is 5.32 Å². The summed E-state index contributed by atoms with van der Waals surface area (Å²) in [6.45, 7) is 8.49. The number of benzene rings is 1. The summed E-state index contributed by atoms with van der Waals surface area (Å²) in [5.41, 5.74) is 5.36. The van der Waals surface area contributed by atoms with Crippen molar-refractivity contribution < 1.29 is 9.53 Å². The van der Waals surface area contributed by atoms with Gasteiger partial charge in [-0.1, -0.05) is 18.2 Å².